The predicted molar refractivity (Wildman–Crippen MR) is 69.2 cm³/mol. The van der Waals surface area contributed by atoms with Gasteiger partial charge >= 0.3 is 0 Å². The van der Waals surface area contributed by atoms with Crippen LogP contribution in [0.5, 0.6) is 0 Å². The lowest BCUT2D eigenvalue weighted by atomic mass is 10.2. The van der Waals surface area contributed by atoms with Gasteiger partial charge in [-0.15, -0.1) is 0 Å². The van der Waals surface area contributed by atoms with Crippen molar-refractivity contribution in [3.8, 4) is 0 Å². The lowest BCUT2D eigenvalue weighted by Gasteiger charge is -2.18. The number of aryl methyl sites for hydroxylation is 1. The fraction of sp³-hybridized carbons (Fsp3) is 0.769. The molecule has 0 amide bonds. The molecule has 5 nitrogen and oxygen atoms in total. The quantitative estimate of drug-likeness (QED) is 0.868. The molecule has 5 heteroatoms. The summed E-state index contributed by atoms with van der Waals surface area (Å²) in [6.07, 6.45) is 4.12. The van der Waals surface area contributed by atoms with Crippen molar-refractivity contribution < 1.29 is 9.47 Å². The molecule has 18 heavy (non-hydrogen) atoms. The molecule has 2 atom stereocenters. The van der Waals surface area contributed by atoms with Crippen molar-refractivity contribution in [2.75, 3.05) is 13.2 Å². The summed E-state index contributed by atoms with van der Waals surface area (Å²) in [4.78, 5) is 0. The zero-order valence-corrected chi connectivity index (χ0v) is 11.6. The Morgan fingerprint density at radius 1 is 1.61 bits per heavy atom. The molecule has 1 aromatic heterocycles. The maximum atomic E-state index is 5.76. The van der Waals surface area contributed by atoms with Gasteiger partial charge in [-0.25, -0.2) is 0 Å². The summed E-state index contributed by atoms with van der Waals surface area (Å²) in [5.41, 5.74) is 1.20. The van der Waals surface area contributed by atoms with E-state index in [1.54, 1.807) is 0 Å². The molecule has 102 valence electrons. The summed E-state index contributed by atoms with van der Waals surface area (Å²) >= 11 is 0. The monoisotopic (exact) mass is 253 g/mol. The third-order valence-electron chi connectivity index (χ3n) is 3.20. The molecule has 0 radical (unpaired) electrons. The largest absolute Gasteiger partial charge is 0.348 e. The molecule has 0 bridgehead atoms. The van der Waals surface area contributed by atoms with E-state index in [1.165, 1.54) is 5.56 Å². The Kier molecular flexibility index (Phi) is 4.04. The van der Waals surface area contributed by atoms with Crippen molar-refractivity contribution in [2.24, 2.45) is 0 Å². The minimum Gasteiger partial charge on any atom is -0.348 e. The molecule has 0 saturated carbocycles. The van der Waals surface area contributed by atoms with Crippen LogP contribution in [0, 0.1) is 0 Å². The van der Waals surface area contributed by atoms with Crippen LogP contribution >= 0.6 is 0 Å². The number of hydrogen-bond acceptors (Lipinski definition) is 4. The van der Waals surface area contributed by atoms with Crippen molar-refractivity contribution >= 4 is 0 Å². The van der Waals surface area contributed by atoms with Gasteiger partial charge in [0.1, 0.15) is 0 Å². The van der Waals surface area contributed by atoms with E-state index in [1.807, 2.05) is 24.7 Å². The SMILES string of the molecule is CCn1cc(C(C)NCC2COC(C)(C)O2)cn1. The van der Waals surface area contributed by atoms with Gasteiger partial charge in [0.15, 0.2) is 5.79 Å². The highest BCUT2D eigenvalue weighted by atomic mass is 16.7. The van der Waals surface area contributed by atoms with Crippen LogP contribution < -0.4 is 5.32 Å². The van der Waals surface area contributed by atoms with E-state index in [2.05, 4.69) is 30.5 Å². The molecule has 2 rings (SSSR count). The lowest BCUT2D eigenvalue weighted by molar-refractivity contribution is -0.137. The maximum Gasteiger partial charge on any atom is 0.163 e. The summed E-state index contributed by atoms with van der Waals surface area (Å²) in [5.74, 6) is -0.442. The number of rotatable bonds is 5. The van der Waals surface area contributed by atoms with Crippen LogP contribution in [0.4, 0.5) is 0 Å². The van der Waals surface area contributed by atoms with Gasteiger partial charge in [0.25, 0.3) is 0 Å². The third kappa shape index (κ3) is 3.31. The Bertz CT molecular complexity index is 389. The molecule has 1 aliphatic heterocycles. The molecule has 0 aliphatic carbocycles. The van der Waals surface area contributed by atoms with Gasteiger partial charge in [0, 0.05) is 30.9 Å². The van der Waals surface area contributed by atoms with Crippen LogP contribution in [-0.2, 0) is 16.0 Å². The molecule has 1 aliphatic rings. The molecule has 0 aromatic carbocycles. The summed E-state index contributed by atoms with van der Waals surface area (Å²) in [5, 5.41) is 7.74. The van der Waals surface area contributed by atoms with Crippen LogP contribution in [-0.4, -0.2) is 34.8 Å². The first-order valence-corrected chi connectivity index (χ1v) is 6.57. The first-order chi connectivity index (χ1) is 8.50. The number of nitrogens with zero attached hydrogens (tertiary/aromatic N) is 2. The number of nitrogens with one attached hydrogen (secondary N) is 1. The van der Waals surface area contributed by atoms with Gasteiger partial charge in [-0.05, 0) is 27.7 Å². The van der Waals surface area contributed by atoms with Crippen LogP contribution in [0.2, 0.25) is 0 Å². The Hall–Kier alpha value is -0.910. The van der Waals surface area contributed by atoms with Crippen LogP contribution in [0.1, 0.15) is 39.3 Å². The summed E-state index contributed by atoms with van der Waals surface area (Å²) in [6, 6.07) is 0.276. The molecular weight excluding hydrogens is 230 g/mol. The van der Waals surface area contributed by atoms with Gasteiger partial charge in [-0.2, -0.15) is 5.10 Å². The normalized spacial score (nSPS) is 24.3. The molecule has 1 fully saturated rings. The van der Waals surface area contributed by atoms with E-state index in [9.17, 15) is 0 Å². The van der Waals surface area contributed by atoms with E-state index in [0.717, 1.165) is 13.1 Å². The highest BCUT2D eigenvalue weighted by molar-refractivity contribution is 5.09. The minimum atomic E-state index is -0.442. The van der Waals surface area contributed by atoms with Crippen molar-refractivity contribution in [1.82, 2.24) is 15.1 Å². The smallest absolute Gasteiger partial charge is 0.163 e. The summed E-state index contributed by atoms with van der Waals surface area (Å²) in [7, 11) is 0. The number of aromatic nitrogens is 2. The summed E-state index contributed by atoms with van der Waals surface area (Å²) < 4.78 is 13.2. The topological polar surface area (TPSA) is 48.3 Å². The van der Waals surface area contributed by atoms with Crippen molar-refractivity contribution in [1.29, 1.82) is 0 Å². The lowest BCUT2D eigenvalue weighted by Crippen LogP contribution is -2.32. The van der Waals surface area contributed by atoms with Gasteiger partial charge in [0.05, 0.1) is 18.9 Å². The number of ether oxygens (including phenoxy) is 2. The fourth-order valence-electron chi connectivity index (χ4n) is 2.07. The highest BCUT2D eigenvalue weighted by Gasteiger charge is 2.32. The van der Waals surface area contributed by atoms with Crippen molar-refractivity contribution in [2.45, 2.75) is 52.2 Å². The molecule has 2 unspecified atom stereocenters. The summed E-state index contributed by atoms with van der Waals surface area (Å²) in [6.45, 7) is 10.5. The Morgan fingerprint density at radius 2 is 2.39 bits per heavy atom. The zero-order chi connectivity index (χ0) is 13.2. The van der Waals surface area contributed by atoms with E-state index >= 15 is 0 Å². The van der Waals surface area contributed by atoms with Gasteiger partial charge in [-0.3, -0.25) is 4.68 Å². The standard InChI is InChI=1S/C13H23N3O2/c1-5-16-8-11(6-15-16)10(2)14-7-12-9-17-13(3,4)18-12/h6,8,10,12,14H,5,7,9H2,1-4H3. The zero-order valence-electron chi connectivity index (χ0n) is 11.6. The first-order valence-electron chi connectivity index (χ1n) is 6.57. The predicted octanol–water partition coefficient (Wildman–Crippen LogP) is 1.71. The van der Waals surface area contributed by atoms with E-state index < -0.39 is 5.79 Å². The van der Waals surface area contributed by atoms with Crippen molar-refractivity contribution in [3.63, 3.8) is 0 Å². The fourth-order valence-corrected chi connectivity index (χ4v) is 2.07. The number of hydrogen-bond donors (Lipinski definition) is 1. The van der Waals surface area contributed by atoms with Gasteiger partial charge in [-0.1, -0.05) is 0 Å². The molecule has 1 saturated heterocycles. The molecule has 1 N–H and O–H groups in total. The Balaban J connectivity index is 1.80. The second-order valence-electron chi connectivity index (χ2n) is 5.21. The second kappa shape index (κ2) is 5.38. The molecule has 2 heterocycles. The average Bonchev–Trinajstić information content (AvgIpc) is 2.92. The third-order valence-corrected chi connectivity index (χ3v) is 3.20. The molecular formula is C13H23N3O2. The Morgan fingerprint density at radius 3 is 2.94 bits per heavy atom. The highest BCUT2D eigenvalue weighted by Crippen LogP contribution is 2.22. The van der Waals surface area contributed by atoms with Crippen LogP contribution in [0.25, 0.3) is 0 Å². The van der Waals surface area contributed by atoms with Crippen LogP contribution in [0.15, 0.2) is 12.4 Å². The van der Waals surface area contributed by atoms with Crippen LogP contribution in [0.3, 0.4) is 0 Å². The van der Waals surface area contributed by atoms with E-state index in [4.69, 9.17) is 9.47 Å². The minimum absolute atomic E-state index is 0.128. The first kappa shape index (κ1) is 13.5. The van der Waals surface area contributed by atoms with Gasteiger partial charge < -0.3 is 14.8 Å². The van der Waals surface area contributed by atoms with Crippen molar-refractivity contribution in [3.05, 3.63) is 18.0 Å². The molecule has 1 aromatic rings. The van der Waals surface area contributed by atoms with E-state index in [-0.39, 0.29) is 12.1 Å². The van der Waals surface area contributed by atoms with E-state index in [0.29, 0.717) is 6.61 Å². The molecule has 0 spiro atoms. The second-order valence-corrected chi connectivity index (χ2v) is 5.21. The van der Waals surface area contributed by atoms with Gasteiger partial charge in [0.2, 0.25) is 0 Å². The maximum absolute atomic E-state index is 5.76. The Labute approximate surface area is 108 Å². The average molecular weight is 253 g/mol.